The van der Waals surface area contributed by atoms with E-state index in [1.165, 1.54) is 18.3 Å². The molecule has 3 aromatic rings. The van der Waals surface area contributed by atoms with E-state index < -0.39 is 5.82 Å². The van der Waals surface area contributed by atoms with Crippen LogP contribution in [-0.2, 0) is 17.8 Å². The van der Waals surface area contributed by atoms with Gasteiger partial charge in [0.2, 0.25) is 17.6 Å². The quantitative estimate of drug-likeness (QED) is 0.653. The maximum atomic E-state index is 13.9. The summed E-state index contributed by atoms with van der Waals surface area (Å²) in [6.45, 7) is 1.10. The van der Waals surface area contributed by atoms with Gasteiger partial charge in [0, 0.05) is 31.8 Å². The Morgan fingerprint density at radius 1 is 1.24 bits per heavy atom. The Labute approximate surface area is 166 Å². The molecule has 1 saturated heterocycles. The number of hydrogen-bond acceptors (Lipinski definition) is 6. The number of nitrogens with zero attached hydrogens (tertiary/aromatic N) is 5. The molecule has 150 valence electrons. The van der Waals surface area contributed by atoms with Crippen molar-refractivity contribution in [2.24, 2.45) is 5.92 Å². The number of carbonyl (C=O) groups is 1. The van der Waals surface area contributed by atoms with Crippen LogP contribution in [0.1, 0.15) is 18.7 Å². The van der Waals surface area contributed by atoms with Crippen LogP contribution in [-0.4, -0.2) is 43.8 Å². The number of likely N-dealkylation sites (tertiary alicyclic amines) is 1. The van der Waals surface area contributed by atoms with Crippen LogP contribution in [0.5, 0.6) is 0 Å². The lowest BCUT2D eigenvalue weighted by molar-refractivity contribution is -0.134. The number of hydrogen-bond donors (Lipinski definition) is 0. The molecule has 0 aliphatic carbocycles. The van der Waals surface area contributed by atoms with E-state index >= 15 is 0 Å². The molecule has 0 unspecified atom stereocenters. The Balaban J connectivity index is 1.39. The summed E-state index contributed by atoms with van der Waals surface area (Å²) in [6, 6.07) is 9.19. The minimum absolute atomic E-state index is 0.0790. The van der Waals surface area contributed by atoms with E-state index in [2.05, 4.69) is 15.2 Å². The molecule has 0 spiro atoms. The van der Waals surface area contributed by atoms with Crippen LogP contribution in [0.3, 0.4) is 0 Å². The van der Waals surface area contributed by atoms with Gasteiger partial charge in [0.25, 0.3) is 5.56 Å². The number of carbonyl (C=O) groups excluding carboxylic acids is 1. The Bertz CT molecular complexity index is 1060. The molecule has 1 amide bonds. The van der Waals surface area contributed by atoms with E-state index in [1.807, 2.05) is 0 Å². The third kappa shape index (κ3) is 4.39. The fourth-order valence-corrected chi connectivity index (χ4v) is 3.53. The molecule has 1 atom stereocenters. The van der Waals surface area contributed by atoms with Crippen LogP contribution in [0, 0.1) is 11.7 Å². The highest BCUT2D eigenvalue weighted by Crippen LogP contribution is 2.23. The fraction of sp³-hybridized carbons (Fsp3) is 0.350. The molecule has 29 heavy (non-hydrogen) atoms. The van der Waals surface area contributed by atoms with E-state index in [9.17, 15) is 14.0 Å². The van der Waals surface area contributed by atoms with Crippen LogP contribution in [0.2, 0.25) is 0 Å². The molecule has 2 aromatic heterocycles. The van der Waals surface area contributed by atoms with Gasteiger partial charge < -0.3 is 9.42 Å². The second-order valence-corrected chi connectivity index (χ2v) is 7.06. The molecule has 0 saturated carbocycles. The van der Waals surface area contributed by atoms with Crippen LogP contribution in [0.25, 0.3) is 11.4 Å². The molecule has 1 fully saturated rings. The van der Waals surface area contributed by atoms with Gasteiger partial charge in [-0.15, -0.1) is 0 Å². The summed E-state index contributed by atoms with van der Waals surface area (Å²) < 4.78 is 20.4. The molecule has 0 bridgehead atoms. The number of halogens is 1. The van der Waals surface area contributed by atoms with Gasteiger partial charge in [-0.05, 0) is 37.0 Å². The van der Waals surface area contributed by atoms with Gasteiger partial charge >= 0.3 is 0 Å². The Morgan fingerprint density at radius 2 is 2.10 bits per heavy atom. The molecule has 0 radical (unpaired) electrons. The predicted molar refractivity (Wildman–Crippen MR) is 101 cm³/mol. The van der Waals surface area contributed by atoms with Gasteiger partial charge in [-0.3, -0.25) is 9.59 Å². The molecule has 4 rings (SSSR count). The first-order valence-electron chi connectivity index (χ1n) is 9.47. The van der Waals surface area contributed by atoms with Gasteiger partial charge in [0.05, 0.1) is 5.56 Å². The zero-order chi connectivity index (χ0) is 20.2. The standard InChI is InChI=1S/C20H20FN5O3/c21-16-7-2-1-6-15(16)20-23-17(29-24-20)11-14-5-4-10-25(12-14)19(28)13-26-18(27)8-3-9-22-26/h1-3,6-9,14H,4-5,10-13H2/t14-/m0/s1. The van der Waals surface area contributed by atoms with Crippen LogP contribution in [0.15, 0.2) is 51.9 Å². The summed E-state index contributed by atoms with van der Waals surface area (Å²) in [5, 5.41) is 7.81. The Kier molecular flexibility index (Phi) is 5.46. The molecule has 1 aliphatic heterocycles. The first-order valence-corrected chi connectivity index (χ1v) is 9.47. The van der Waals surface area contributed by atoms with Crippen LogP contribution < -0.4 is 5.56 Å². The van der Waals surface area contributed by atoms with Crippen LogP contribution >= 0.6 is 0 Å². The lowest BCUT2D eigenvalue weighted by Gasteiger charge is -2.32. The van der Waals surface area contributed by atoms with Crippen molar-refractivity contribution in [2.75, 3.05) is 13.1 Å². The van der Waals surface area contributed by atoms with Gasteiger partial charge in [-0.25, -0.2) is 9.07 Å². The second-order valence-electron chi connectivity index (χ2n) is 7.06. The summed E-state index contributed by atoms with van der Waals surface area (Å²) in [7, 11) is 0. The highest BCUT2D eigenvalue weighted by atomic mass is 19.1. The normalized spacial score (nSPS) is 16.7. The van der Waals surface area contributed by atoms with E-state index in [0.29, 0.717) is 31.0 Å². The zero-order valence-electron chi connectivity index (χ0n) is 15.7. The number of benzene rings is 1. The lowest BCUT2D eigenvalue weighted by atomic mass is 9.94. The smallest absolute Gasteiger partial charge is 0.267 e. The number of amides is 1. The minimum atomic E-state index is -0.404. The van der Waals surface area contributed by atoms with Crippen molar-refractivity contribution in [2.45, 2.75) is 25.8 Å². The fourth-order valence-electron chi connectivity index (χ4n) is 3.53. The molecule has 3 heterocycles. The summed E-state index contributed by atoms with van der Waals surface area (Å²) in [5.41, 5.74) is -0.00954. The van der Waals surface area contributed by atoms with Crippen molar-refractivity contribution in [3.05, 3.63) is 64.7 Å². The third-order valence-electron chi connectivity index (χ3n) is 4.99. The predicted octanol–water partition coefficient (Wildman–Crippen LogP) is 1.91. The molecule has 1 aliphatic rings. The van der Waals surface area contributed by atoms with Crippen molar-refractivity contribution >= 4 is 5.91 Å². The average molecular weight is 397 g/mol. The van der Waals surface area contributed by atoms with Crippen molar-refractivity contribution in [3.8, 4) is 11.4 Å². The Hall–Kier alpha value is -3.36. The van der Waals surface area contributed by atoms with Gasteiger partial charge in [-0.2, -0.15) is 10.1 Å². The van der Waals surface area contributed by atoms with Crippen molar-refractivity contribution in [3.63, 3.8) is 0 Å². The topological polar surface area (TPSA) is 94.1 Å². The number of rotatable bonds is 5. The summed E-state index contributed by atoms with van der Waals surface area (Å²) in [5.74, 6) is 0.245. The molecule has 0 N–H and O–H groups in total. The summed E-state index contributed by atoms with van der Waals surface area (Å²) >= 11 is 0. The van der Waals surface area contributed by atoms with Gasteiger partial charge in [0.15, 0.2) is 0 Å². The molecular weight excluding hydrogens is 377 g/mol. The minimum Gasteiger partial charge on any atom is -0.341 e. The Morgan fingerprint density at radius 3 is 2.93 bits per heavy atom. The maximum Gasteiger partial charge on any atom is 0.267 e. The van der Waals surface area contributed by atoms with E-state index in [0.717, 1.165) is 17.5 Å². The van der Waals surface area contributed by atoms with E-state index in [-0.39, 0.29) is 29.8 Å². The molecule has 9 heteroatoms. The van der Waals surface area contributed by atoms with E-state index in [4.69, 9.17) is 4.52 Å². The third-order valence-corrected chi connectivity index (χ3v) is 4.99. The van der Waals surface area contributed by atoms with Crippen molar-refractivity contribution in [1.29, 1.82) is 0 Å². The van der Waals surface area contributed by atoms with Gasteiger partial charge in [-0.1, -0.05) is 17.3 Å². The number of piperidine rings is 1. The molecule has 8 nitrogen and oxygen atoms in total. The average Bonchev–Trinajstić information content (AvgIpc) is 3.18. The lowest BCUT2D eigenvalue weighted by Crippen LogP contribution is -2.43. The SMILES string of the molecule is O=C(Cn1ncccc1=O)N1CCC[C@@H](Cc2nc(-c3ccccc3F)no2)C1. The van der Waals surface area contributed by atoms with Crippen molar-refractivity contribution in [1.82, 2.24) is 24.8 Å². The molecule has 1 aromatic carbocycles. The first kappa shape index (κ1) is 19.0. The van der Waals surface area contributed by atoms with Gasteiger partial charge in [0.1, 0.15) is 12.4 Å². The largest absolute Gasteiger partial charge is 0.341 e. The zero-order valence-corrected chi connectivity index (χ0v) is 15.7. The summed E-state index contributed by atoms with van der Waals surface area (Å²) in [4.78, 5) is 30.4. The monoisotopic (exact) mass is 397 g/mol. The second kappa shape index (κ2) is 8.34. The molecular formula is C20H20FN5O3. The highest BCUT2D eigenvalue weighted by molar-refractivity contribution is 5.76. The first-order chi connectivity index (χ1) is 14.1. The number of aromatic nitrogens is 4. The summed E-state index contributed by atoms with van der Waals surface area (Å²) in [6.07, 6.45) is 3.76. The van der Waals surface area contributed by atoms with E-state index in [1.54, 1.807) is 29.2 Å². The maximum absolute atomic E-state index is 13.9. The van der Waals surface area contributed by atoms with Crippen LogP contribution in [0.4, 0.5) is 4.39 Å². The highest BCUT2D eigenvalue weighted by Gasteiger charge is 2.26. The van der Waals surface area contributed by atoms with Crippen molar-refractivity contribution < 1.29 is 13.7 Å².